The number of anilines is 1. The van der Waals surface area contributed by atoms with Gasteiger partial charge in [-0.25, -0.2) is 14.8 Å². The van der Waals surface area contributed by atoms with Gasteiger partial charge in [-0.15, -0.1) is 0 Å². The monoisotopic (exact) mass is 314 g/mol. The summed E-state index contributed by atoms with van der Waals surface area (Å²) in [5.41, 5.74) is 8.90. The van der Waals surface area contributed by atoms with Crippen LogP contribution < -0.4 is 11.1 Å². The van der Waals surface area contributed by atoms with Crippen molar-refractivity contribution in [3.8, 4) is 11.3 Å². The van der Waals surface area contributed by atoms with Gasteiger partial charge in [0.25, 0.3) is 0 Å². The van der Waals surface area contributed by atoms with Gasteiger partial charge in [0.05, 0.1) is 5.69 Å². The van der Waals surface area contributed by atoms with Crippen molar-refractivity contribution in [2.75, 3.05) is 5.73 Å². The van der Waals surface area contributed by atoms with Crippen LogP contribution in [-0.2, 0) is 11.3 Å². The van der Waals surface area contributed by atoms with E-state index in [2.05, 4.69) is 15.3 Å². The first-order chi connectivity index (χ1) is 10.7. The topological polar surface area (TPSA) is 90.1 Å². The molecule has 0 radical (unpaired) electrons. The normalized spacial score (nSPS) is 11.1. The smallest absolute Gasteiger partial charge is 0.407 e. The Morgan fingerprint density at radius 3 is 2.65 bits per heavy atom. The van der Waals surface area contributed by atoms with Crippen molar-refractivity contribution in [3.05, 3.63) is 41.6 Å². The molecule has 0 aliphatic carbocycles. The fourth-order valence-electron chi connectivity index (χ4n) is 2.07. The van der Waals surface area contributed by atoms with Gasteiger partial charge in [0.15, 0.2) is 0 Å². The summed E-state index contributed by atoms with van der Waals surface area (Å²) in [6.45, 7) is 7.90. The Morgan fingerprint density at radius 1 is 1.30 bits per heavy atom. The summed E-state index contributed by atoms with van der Waals surface area (Å²) in [5, 5.41) is 2.76. The van der Waals surface area contributed by atoms with Crippen LogP contribution in [0.15, 0.2) is 30.5 Å². The first-order valence-corrected chi connectivity index (χ1v) is 7.40. The summed E-state index contributed by atoms with van der Waals surface area (Å²) in [4.78, 5) is 19.8. The van der Waals surface area contributed by atoms with E-state index in [9.17, 15) is 4.79 Å². The van der Waals surface area contributed by atoms with Gasteiger partial charge in [-0.2, -0.15) is 0 Å². The van der Waals surface area contributed by atoms with Crippen molar-refractivity contribution >= 4 is 12.0 Å². The molecular weight excluding hydrogens is 292 g/mol. The second kappa shape index (κ2) is 6.64. The van der Waals surface area contributed by atoms with Gasteiger partial charge < -0.3 is 15.8 Å². The third-order valence-electron chi connectivity index (χ3n) is 3.13. The molecule has 0 aliphatic heterocycles. The van der Waals surface area contributed by atoms with Crippen molar-refractivity contribution in [2.24, 2.45) is 0 Å². The maximum absolute atomic E-state index is 11.7. The molecule has 122 valence electrons. The maximum Gasteiger partial charge on any atom is 0.407 e. The van der Waals surface area contributed by atoms with Crippen LogP contribution in [0.1, 0.15) is 31.9 Å². The maximum atomic E-state index is 11.7. The van der Waals surface area contributed by atoms with Gasteiger partial charge in [0, 0.05) is 18.3 Å². The van der Waals surface area contributed by atoms with E-state index in [-0.39, 0.29) is 5.95 Å². The Hall–Kier alpha value is -2.63. The number of nitrogen functional groups attached to an aromatic ring is 1. The first kappa shape index (κ1) is 16.7. The number of carbonyl (C=O) groups excluding carboxylic acids is 1. The molecule has 0 saturated carbocycles. The number of aryl methyl sites for hydroxylation is 1. The van der Waals surface area contributed by atoms with Crippen LogP contribution in [-0.4, -0.2) is 21.7 Å². The number of hydrogen-bond donors (Lipinski definition) is 2. The second-order valence-corrected chi connectivity index (χ2v) is 6.30. The molecule has 0 unspecified atom stereocenters. The quantitative estimate of drug-likeness (QED) is 0.908. The van der Waals surface area contributed by atoms with Crippen LogP contribution in [0.4, 0.5) is 10.7 Å². The van der Waals surface area contributed by atoms with Gasteiger partial charge >= 0.3 is 6.09 Å². The molecule has 6 heteroatoms. The number of nitrogens with zero attached hydrogens (tertiary/aromatic N) is 2. The van der Waals surface area contributed by atoms with E-state index in [0.717, 1.165) is 22.4 Å². The minimum absolute atomic E-state index is 0.246. The third kappa shape index (κ3) is 4.95. The van der Waals surface area contributed by atoms with Crippen molar-refractivity contribution in [1.29, 1.82) is 0 Å². The zero-order valence-electron chi connectivity index (χ0n) is 13.9. The number of alkyl carbamates (subject to hydrolysis) is 1. The standard InChI is InChI=1S/C17H22N4O2/c1-11-9-12(14-7-8-19-15(18)21-14)5-6-13(11)10-20-16(22)23-17(2,3)4/h5-9H,10H2,1-4H3,(H,20,22)(H2,18,19,21). The average Bonchev–Trinajstić information content (AvgIpc) is 2.44. The Labute approximate surface area is 136 Å². The lowest BCUT2D eigenvalue weighted by atomic mass is 10.0. The molecule has 0 aliphatic rings. The Morgan fingerprint density at radius 2 is 2.04 bits per heavy atom. The zero-order chi connectivity index (χ0) is 17.0. The minimum Gasteiger partial charge on any atom is -0.444 e. The number of benzene rings is 1. The molecule has 3 N–H and O–H groups in total. The number of ether oxygens (including phenoxy) is 1. The molecular formula is C17H22N4O2. The van der Waals surface area contributed by atoms with Crippen molar-refractivity contribution in [3.63, 3.8) is 0 Å². The number of amides is 1. The summed E-state index contributed by atoms with van der Waals surface area (Å²) < 4.78 is 5.22. The summed E-state index contributed by atoms with van der Waals surface area (Å²) in [6.07, 6.45) is 1.20. The van der Waals surface area contributed by atoms with E-state index < -0.39 is 11.7 Å². The predicted molar refractivity (Wildman–Crippen MR) is 89.7 cm³/mol. The number of carbonyl (C=O) groups is 1. The van der Waals surface area contributed by atoms with Gasteiger partial charge in [0.2, 0.25) is 5.95 Å². The fraction of sp³-hybridized carbons (Fsp3) is 0.353. The lowest BCUT2D eigenvalue weighted by molar-refractivity contribution is 0.0523. The van der Waals surface area contributed by atoms with E-state index in [1.807, 2.05) is 52.0 Å². The Bertz CT molecular complexity index is 708. The summed E-state index contributed by atoms with van der Waals surface area (Å²) in [7, 11) is 0. The Kier molecular flexibility index (Phi) is 4.83. The van der Waals surface area contributed by atoms with Crippen LogP contribution in [0.3, 0.4) is 0 Å². The number of hydrogen-bond acceptors (Lipinski definition) is 5. The Balaban J connectivity index is 2.07. The summed E-state index contributed by atoms with van der Waals surface area (Å²) in [6, 6.07) is 7.72. The largest absolute Gasteiger partial charge is 0.444 e. The molecule has 6 nitrogen and oxygen atoms in total. The molecule has 0 saturated heterocycles. The number of rotatable bonds is 3. The van der Waals surface area contributed by atoms with Crippen LogP contribution >= 0.6 is 0 Å². The van der Waals surface area contributed by atoms with E-state index in [0.29, 0.717) is 6.54 Å². The van der Waals surface area contributed by atoms with Crippen LogP contribution in [0.2, 0.25) is 0 Å². The van der Waals surface area contributed by atoms with Gasteiger partial charge in [-0.1, -0.05) is 12.1 Å². The predicted octanol–water partition coefficient (Wildman–Crippen LogP) is 3.06. The van der Waals surface area contributed by atoms with Crippen LogP contribution in [0.5, 0.6) is 0 Å². The SMILES string of the molecule is Cc1cc(-c2ccnc(N)n2)ccc1CNC(=O)OC(C)(C)C. The lowest BCUT2D eigenvalue weighted by Gasteiger charge is -2.20. The zero-order valence-corrected chi connectivity index (χ0v) is 13.9. The molecule has 2 aromatic rings. The number of nitrogens with one attached hydrogen (secondary N) is 1. The van der Waals surface area contributed by atoms with Crippen molar-refractivity contribution < 1.29 is 9.53 Å². The third-order valence-corrected chi connectivity index (χ3v) is 3.13. The van der Waals surface area contributed by atoms with Gasteiger partial charge in [-0.05, 0) is 51.0 Å². The van der Waals surface area contributed by atoms with E-state index >= 15 is 0 Å². The molecule has 0 fully saturated rings. The average molecular weight is 314 g/mol. The lowest BCUT2D eigenvalue weighted by Crippen LogP contribution is -2.32. The van der Waals surface area contributed by atoms with Crippen LogP contribution in [0, 0.1) is 6.92 Å². The number of nitrogens with two attached hydrogens (primary N) is 1. The number of aromatic nitrogens is 2. The molecule has 0 atom stereocenters. The molecule has 1 heterocycles. The second-order valence-electron chi connectivity index (χ2n) is 6.30. The van der Waals surface area contributed by atoms with Crippen LogP contribution in [0.25, 0.3) is 11.3 Å². The summed E-state index contributed by atoms with van der Waals surface area (Å²) >= 11 is 0. The molecule has 1 aromatic heterocycles. The minimum atomic E-state index is -0.504. The molecule has 23 heavy (non-hydrogen) atoms. The van der Waals surface area contributed by atoms with E-state index in [4.69, 9.17) is 10.5 Å². The van der Waals surface area contributed by atoms with Gasteiger partial charge in [-0.3, -0.25) is 0 Å². The van der Waals surface area contributed by atoms with E-state index in [1.165, 1.54) is 0 Å². The molecule has 0 bridgehead atoms. The molecule has 1 amide bonds. The highest BCUT2D eigenvalue weighted by molar-refractivity contribution is 5.68. The first-order valence-electron chi connectivity index (χ1n) is 7.40. The molecule has 1 aromatic carbocycles. The summed E-state index contributed by atoms with van der Waals surface area (Å²) in [5.74, 6) is 0.246. The molecule has 0 spiro atoms. The van der Waals surface area contributed by atoms with Crippen molar-refractivity contribution in [1.82, 2.24) is 15.3 Å². The highest BCUT2D eigenvalue weighted by Crippen LogP contribution is 2.21. The fourth-order valence-corrected chi connectivity index (χ4v) is 2.07. The van der Waals surface area contributed by atoms with Crippen molar-refractivity contribution in [2.45, 2.75) is 39.8 Å². The van der Waals surface area contributed by atoms with Gasteiger partial charge in [0.1, 0.15) is 5.60 Å². The van der Waals surface area contributed by atoms with E-state index in [1.54, 1.807) is 6.20 Å². The molecule has 2 rings (SSSR count). The highest BCUT2D eigenvalue weighted by Gasteiger charge is 2.16. The highest BCUT2D eigenvalue weighted by atomic mass is 16.6.